The fourth-order valence-electron chi connectivity index (χ4n) is 9.33. The van der Waals surface area contributed by atoms with Crippen LogP contribution in [0.25, 0.3) is 0 Å². The van der Waals surface area contributed by atoms with Gasteiger partial charge >= 0.3 is 5.97 Å². The van der Waals surface area contributed by atoms with Crippen LogP contribution >= 0.6 is 11.6 Å². The molecule has 0 aromatic carbocycles. The predicted octanol–water partition coefficient (Wildman–Crippen LogP) is 4.73. The van der Waals surface area contributed by atoms with Crippen LogP contribution in [0, 0.1) is 45.8 Å². The van der Waals surface area contributed by atoms with Crippen LogP contribution in [-0.2, 0) is 19.1 Å². The number of rotatable bonds is 8. The minimum absolute atomic E-state index is 0.0266. The van der Waals surface area contributed by atoms with Crippen molar-refractivity contribution in [3.8, 4) is 0 Å². The van der Waals surface area contributed by atoms with Gasteiger partial charge in [-0.25, -0.2) is 0 Å². The van der Waals surface area contributed by atoms with Crippen LogP contribution in [0.4, 0.5) is 0 Å². The Hall–Kier alpha value is -1.21. The largest absolute Gasteiger partial charge is 0.481 e. The van der Waals surface area contributed by atoms with Crippen LogP contribution in [-0.4, -0.2) is 60.9 Å². The van der Waals surface area contributed by atoms with Gasteiger partial charge in [-0.2, -0.15) is 0 Å². The van der Waals surface area contributed by atoms with Crippen molar-refractivity contribution in [3.63, 3.8) is 0 Å². The highest BCUT2D eigenvalue weighted by atomic mass is 35.5. The molecule has 0 spiro atoms. The number of aliphatic carboxylic acids is 1. The number of carbonyl (C=O) groups is 2. The van der Waals surface area contributed by atoms with Crippen LogP contribution in [0.5, 0.6) is 0 Å². The van der Waals surface area contributed by atoms with E-state index in [0.29, 0.717) is 36.4 Å². The summed E-state index contributed by atoms with van der Waals surface area (Å²) in [5, 5.41) is 11.6. The van der Waals surface area contributed by atoms with E-state index in [0.717, 1.165) is 37.7 Å². The zero-order valence-corrected chi connectivity index (χ0v) is 22.2. The second-order valence-electron chi connectivity index (χ2n) is 12.4. The SMILES string of the molecule is C=C(Cl)CN1C[C@H](OCC23C[C@@H]4[C@H](C)CC[C@H]4[C@@]4(C=O)C[C@@H]2C=C(C(C)C)[C@@]34C(=O)O)O[C@H](C)C1. The number of morpholine rings is 1. The van der Waals surface area contributed by atoms with Gasteiger partial charge in [0.15, 0.2) is 6.29 Å². The maximum absolute atomic E-state index is 13.5. The van der Waals surface area contributed by atoms with Gasteiger partial charge < -0.3 is 19.4 Å². The van der Waals surface area contributed by atoms with Crippen molar-refractivity contribution in [2.45, 2.75) is 65.8 Å². The summed E-state index contributed by atoms with van der Waals surface area (Å²) in [6.07, 6.45) is 6.19. The van der Waals surface area contributed by atoms with E-state index in [1.54, 1.807) is 0 Å². The average Bonchev–Trinajstić information content (AvgIpc) is 3.34. The summed E-state index contributed by atoms with van der Waals surface area (Å²) in [6.45, 7) is 14.4. The maximum atomic E-state index is 13.5. The average molecular weight is 506 g/mol. The standard InChI is InChI=1S/C28H40ClNO5/c1-16(2)23-8-20-9-26(14-31)22-7-6-17(3)21(22)10-27(20,28(23,26)25(32)33)15-34-24-13-30(11-18(4)29)12-19(5)35-24/h8,14,16-17,19-22,24H,4,6-7,9-13,15H2,1-3,5H3,(H,32,33)/t17-,19-,20+,21-,22-,24-,26+,27?,28+/m1/s1. The summed E-state index contributed by atoms with van der Waals surface area (Å²) in [5.74, 6) is 0.205. The first-order valence-corrected chi connectivity index (χ1v) is 13.6. The number of allylic oxidation sites excluding steroid dienone is 1. The molecule has 1 unspecified atom stereocenters. The van der Waals surface area contributed by atoms with E-state index < -0.39 is 28.5 Å². The van der Waals surface area contributed by atoms with Crippen LogP contribution in [0.15, 0.2) is 23.3 Å². The minimum atomic E-state index is -1.21. The molecule has 4 bridgehead atoms. The molecule has 35 heavy (non-hydrogen) atoms. The van der Waals surface area contributed by atoms with Crippen molar-refractivity contribution in [1.29, 1.82) is 0 Å². The first-order valence-electron chi connectivity index (χ1n) is 13.3. The summed E-state index contributed by atoms with van der Waals surface area (Å²) in [7, 11) is 0. The predicted molar refractivity (Wildman–Crippen MR) is 134 cm³/mol. The fraction of sp³-hybridized carbons (Fsp3) is 0.786. The van der Waals surface area contributed by atoms with Gasteiger partial charge in [0.05, 0.1) is 18.1 Å². The van der Waals surface area contributed by atoms with Crippen molar-refractivity contribution in [3.05, 3.63) is 23.3 Å². The van der Waals surface area contributed by atoms with E-state index in [9.17, 15) is 14.7 Å². The molecule has 0 aromatic rings. The Morgan fingerprint density at radius 1 is 1.34 bits per heavy atom. The Morgan fingerprint density at radius 3 is 2.71 bits per heavy atom. The van der Waals surface area contributed by atoms with Gasteiger partial charge in [-0.1, -0.05) is 57.0 Å². The number of carboxylic acid groups (broad SMARTS) is 1. The van der Waals surface area contributed by atoms with E-state index >= 15 is 0 Å². The van der Waals surface area contributed by atoms with Crippen molar-refractivity contribution < 1.29 is 24.2 Å². The highest BCUT2D eigenvalue weighted by molar-refractivity contribution is 6.29. The van der Waals surface area contributed by atoms with Gasteiger partial charge in [-0.3, -0.25) is 9.69 Å². The number of fused-ring (bicyclic) bond motifs is 2. The summed E-state index contributed by atoms with van der Waals surface area (Å²) >= 11 is 6.07. The zero-order chi connectivity index (χ0) is 25.3. The highest BCUT2D eigenvalue weighted by Crippen LogP contribution is 2.82. The molecule has 1 saturated heterocycles. The van der Waals surface area contributed by atoms with Crippen LogP contribution in [0.1, 0.15) is 53.4 Å². The van der Waals surface area contributed by atoms with Crippen LogP contribution in [0.2, 0.25) is 0 Å². The molecule has 0 aromatic heterocycles. The van der Waals surface area contributed by atoms with Gasteiger partial charge in [0.2, 0.25) is 0 Å². The topological polar surface area (TPSA) is 76.1 Å². The lowest BCUT2D eigenvalue weighted by Gasteiger charge is -2.58. The molecule has 9 atom stereocenters. The molecule has 4 aliphatic carbocycles. The second-order valence-corrected chi connectivity index (χ2v) is 12.9. The van der Waals surface area contributed by atoms with Crippen LogP contribution in [0.3, 0.4) is 0 Å². The van der Waals surface area contributed by atoms with Crippen LogP contribution < -0.4 is 0 Å². The van der Waals surface area contributed by atoms with Gasteiger partial charge in [-0.15, -0.1) is 0 Å². The quantitative estimate of drug-likeness (QED) is 0.380. The number of hydrogen-bond acceptors (Lipinski definition) is 5. The molecule has 1 aliphatic heterocycles. The molecule has 194 valence electrons. The summed E-state index contributed by atoms with van der Waals surface area (Å²) < 4.78 is 12.7. The lowest BCUT2D eigenvalue weighted by atomic mass is 9.43. The molecule has 5 aliphatic rings. The Balaban J connectivity index is 1.53. The molecule has 7 heteroatoms. The Bertz CT molecular complexity index is 950. The molecular weight excluding hydrogens is 466 g/mol. The van der Waals surface area contributed by atoms with Gasteiger partial charge in [0.25, 0.3) is 0 Å². The monoisotopic (exact) mass is 505 g/mol. The minimum Gasteiger partial charge on any atom is -0.481 e. The number of nitrogens with zero attached hydrogens (tertiary/aromatic N) is 1. The maximum Gasteiger partial charge on any atom is 0.315 e. The molecule has 6 nitrogen and oxygen atoms in total. The van der Waals surface area contributed by atoms with Crippen molar-refractivity contribution in [2.75, 3.05) is 26.2 Å². The summed E-state index contributed by atoms with van der Waals surface area (Å²) in [5.41, 5.74) is -1.77. The third kappa shape index (κ3) is 3.32. The van der Waals surface area contributed by atoms with E-state index in [1.807, 2.05) is 6.92 Å². The van der Waals surface area contributed by atoms with E-state index in [1.165, 1.54) is 0 Å². The Morgan fingerprint density at radius 2 is 2.09 bits per heavy atom. The van der Waals surface area contributed by atoms with Gasteiger partial charge in [-0.05, 0) is 55.8 Å². The number of aldehydes is 1. The fourth-order valence-corrected chi connectivity index (χ4v) is 9.50. The number of carbonyl (C=O) groups excluding carboxylic acids is 1. The molecule has 1 N–H and O–H groups in total. The third-order valence-corrected chi connectivity index (χ3v) is 10.5. The normalized spacial score (nSPS) is 46.5. The molecule has 1 heterocycles. The molecule has 3 saturated carbocycles. The smallest absolute Gasteiger partial charge is 0.315 e. The number of halogens is 1. The summed E-state index contributed by atoms with van der Waals surface area (Å²) in [6, 6.07) is 0. The number of hydrogen-bond donors (Lipinski definition) is 1. The van der Waals surface area contributed by atoms with Crippen molar-refractivity contribution in [1.82, 2.24) is 4.90 Å². The molecular formula is C28H40ClNO5. The van der Waals surface area contributed by atoms with Gasteiger partial charge in [0.1, 0.15) is 11.7 Å². The van der Waals surface area contributed by atoms with Crippen molar-refractivity contribution in [2.24, 2.45) is 45.8 Å². The lowest BCUT2D eigenvalue weighted by Crippen LogP contribution is -2.64. The number of ether oxygens (including phenoxy) is 2. The number of carboxylic acids is 1. The lowest BCUT2D eigenvalue weighted by molar-refractivity contribution is -0.235. The second kappa shape index (κ2) is 8.68. The van der Waals surface area contributed by atoms with E-state index in [2.05, 4.69) is 38.3 Å². The highest BCUT2D eigenvalue weighted by Gasteiger charge is 2.84. The third-order valence-electron chi connectivity index (χ3n) is 10.4. The first kappa shape index (κ1) is 25.4. The Kier molecular flexibility index (Phi) is 6.31. The molecule has 4 fully saturated rings. The first-order chi connectivity index (χ1) is 16.5. The molecule has 0 radical (unpaired) electrons. The van der Waals surface area contributed by atoms with E-state index in [-0.39, 0.29) is 30.5 Å². The molecule has 0 amide bonds. The zero-order valence-electron chi connectivity index (χ0n) is 21.5. The van der Waals surface area contributed by atoms with Gasteiger partial charge in [0, 0.05) is 30.1 Å². The molecule has 5 rings (SSSR count). The van der Waals surface area contributed by atoms with E-state index in [4.69, 9.17) is 21.1 Å². The summed E-state index contributed by atoms with van der Waals surface area (Å²) in [4.78, 5) is 28.8. The van der Waals surface area contributed by atoms with Crippen molar-refractivity contribution >= 4 is 23.9 Å². The Labute approximate surface area is 214 Å².